The summed E-state index contributed by atoms with van der Waals surface area (Å²) >= 11 is 0. The van der Waals surface area contributed by atoms with E-state index in [1.54, 1.807) is 4.90 Å². The number of hydrogen-bond donors (Lipinski definition) is 1. The Hall–Kier alpha value is -1.57. The van der Waals surface area contributed by atoms with Crippen molar-refractivity contribution in [1.29, 1.82) is 5.26 Å². The van der Waals surface area contributed by atoms with Crippen molar-refractivity contribution in [3.63, 3.8) is 0 Å². The van der Waals surface area contributed by atoms with Crippen LogP contribution in [0.15, 0.2) is 0 Å². The fourth-order valence-electron chi connectivity index (χ4n) is 3.43. The van der Waals surface area contributed by atoms with Gasteiger partial charge >= 0.3 is 0 Å². The Morgan fingerprint density at radius 1 is 1.18 bits per heavy atom. The molecule has 1 saturated heterocycles. The third-order valence-corrected chi connectivity index (χ3v) is 5.13. The molecule has 1 aliphatic carbocycles. The molecule has 0 unspecified atom stereocenters. The summed E-state index contributed by atoms with van der Waals surface area (Å²) < 4.78 is 0. The highest BCUT2D eigenvalue weighted by Crippen LogP contribution is 2.35. The van der Waals surface area contributed by atoms with Crippen LogP contribution >= 0.6 is 0 Å². The average molecular weight is 305 g/mol. The predicted molar refractivity (Wildman–Crippen MR) is 83.7 cm³/mol. The first-order valence-corrected chi connectivity index (χ1v) is 8.36. The Morgan fingerprint density at radius 3 is 2.32 bits per heavy atom. The molecule has 22 heavy (non-hydrogen) atoms. The van der Waals surface area contributed by atoms with Gasteiger partial charge < -0.3 is 10.2 Å². The van der Waals surface area contributed by atoms with Crippen LogP contribution < -0.4 is 5.32 Å². The van der Waals surface area contributed by atoms with E-state index in [-0.39, 0.29) is 24.2 Å². The van der Waals surface area contributed by atoms with Gasteiger partial charge in [0.2, 0.25) is 11.8 Å². The van der Waals surface area contributed by atoms with Crippen molar-refractivity contribution in [2.45, 2.75) is 64.8 Å². The van der Waals surface area contributed by atoms with E-state index in [2.05, 4.69) is 19.2 Å². The lowest BCUT2D eigenvalue weighted by Crippen LogP contribution is -2.46. The van der Waals surface area contributed by atoms with Gasteiger partial charge in [0, 0.05) is 25.0 Å². The minimum Gasteiger partial charge on any atom is -0.353 e. The topological polar surface area (TPSA) is 73.2 Å². The van der Waals surface area contributed by atoms with Crippen molar-refractivity contribution in [3.05, 3.63) is 0 Å². The molecule has 122 valence electrons. The number of rotatable bonds is 3. The first-order chi connectivity index (χ1) is 10.4. The highest BCUT2D eigenvalue weighted by Gasteiger charge is 2.31. The van der Waals surface area contributed by atoms with E-state index in [0.717, 1.165) is 12.8 Å². The molecule has 2 amide bonds. The molecule has 1 heterocycles. The molecule has 0 aromatic carbocycles. The van der Waals surface area contributed by atoms with Crippen LogP contribution in [0.2, 0.25) is 0 Å². The smallest absolute Gasteiger partial charge is 0.236 e. The summed E-state index contributed by atoms with van der Waals surface area (Å²) in [6, 6.07) is 2.21. The lowest BCUT2D eigenvalue weighted by Gasteiger charge is -2.36. The van der Waals surface area contributed by atoms with Crippen molar-refractivity contribution < 1.29 is 9.59 Å². The van der Waals surface area contributed by atoms with E-state index in [9.17, 15) is 9.59 Å². The number of hydrogen-bond acceptors (Lipinski definition) is 3. The molecule has 0 aromatic heterocycles. The van der Waals surface area contributed by atoms with Crippen LogP contribution in [0.3, 0.4) is 0 Å². The minimum absolute atomic E-state index is 0.0149. The molecule has 0 aromatic rings. The fourth-order valence-corrected chi connectivity index (χ4v) is 3.43. The van der Waals surface area contributed by atoms with Gasteiger partial charge in [-0.15, -0.1) is 0 Å². The van der Waals surface area contributed by atoms with Crippen LogP contribution in [0.25, 0.3) is 0 Å². The van der Waals surface area contributed by atoms with E-state index < -0.39 is 0 Å². The van der Waals surface area contributed by atoms with Gasteiger partial charge in [-0.1, -0.05) is 13.8 Å². The zero-order valence-electron chi connectivity index (χ0n) is 13.7. The predicted octanol–water partition coefficient (Wildman–Crippen LogP) is 2.22. The number of nitrogens with one attached hydrogen (secondary N) is 1. The molecular formula is C17H27N3O2. The lowest BCUT2D eigenvalue weighted by atomic mass is 9.75. The molecule has 0 radical (unpaired) electrons. The maximum Gasteiger partial charge on any atom is 0.236 e. The van der Waals surface area contributed by atoms with Crippen molar-refractivity contribution in [3.8, 4) is 6.07 Å². The van der Waals surface area contributed by atoms with Crippen molar-refractivity contribution in [1.82, 2.24) is 10.2 Å². The molecule has 2 fully saturated rings. The molecule has 1 aliphatic heterocycles. The SMILES string of the molecule is CC1(C)CCC(NC(=O)C2CCN(C(=O)CC#N)CC2)CC1. The van der Waals surface area contributed by atoms with Gasteiger partial charge in [0.15, 0.2) is 0 Å². The van der Waals surface area contributed by atoms with Crippen LogP contribution in [0.1, 0.15) is 58.8 Å². The molecule has 2 aliphatic rings. The molecular weight excluding hydrogens is 278 g/mol. The average Bonchev–Trinajstić information content (AvgIpc) is 2.50. The van der Waals surface area contributed by atoms with Crippen LogP contribution in [-0.2, 0) is 9.59 Å². The molecule has 5 heteroatoms. The molecule has 1 N–H and O–H groups in total. The van der Waals surface area contributed by atoms with Crippen molar-refractivity contribution in [2.24, 2.45) is 11.3 Å². The van der Waals surface area contributed by atoms with Crippen LogP contribution in [0, 0.1) is 22.7 Å². The maximum atomic E-state index is 12.4. The number of likely N-dealkylation sites (tertiary alicyclic amines) is 1. The van der Waals surface area contributed by atoms with E-state index in [1.165, 1.54) is 12.8 Å². The first kappa shape index (κ1) is 16.8. The molecule has 0 bridgehead atoms. The largest absolute Gasteiger partial charge is 0.353 e. The Bertz CT molecular complexity index is 449. The zero-order valence-corrected chi connectivity index (χ0v) is 13.7. The second kappa shape index (κ2) is 7.13. The van der Waals surface area contributed by atoms with Crippen LogP contribution in [0.5, 0.6) is 0 Å². The fraction of sp³-hybridized carbons (Fsp3) is 0.824. The summed E-state index contributed by atoms with van der Waals surface area (Å²) in [7, 11) is 0. The zero-order chi connectivity index (χ0) is 16.2. The summed E-state index contributed by atoms with van der Waals surface area (Å²) in [6.07, 6.45) is 5.83. The van der Waals surface area contributed by atoms with Gasteiger partial charge in [-0.2, -0.15) is 5.26 Å². The first-order valence-electron chi connectivity index (χ1n) is 8.36. The Labute approximate surface area is 133 Å². The van der Waals surface area contributed by atoms with Crippen molar-refractivity contribution >= 4 is 11.8 Å². The Kier molecular flexibility index (Phi) is 5.44. The van der Waals surface area contributed by atoms with Gasteiger partial charge in [0.1, 0.15) is 6.42 Å². The maximum absolute atomic E-state index is 12.4. The molecule has 1 saturated carbocycles. The van der Waals surface area contributed by atoms with E-state index in [4.69, 9.17) is 5.26 Å². The lowest BCUT2D eigenvalue weighted by molar-refractivity contribution is -0.135. The monoisotopic (exact) mass is 305 g/mol. The summed E-state index contributed by atoms with van der Waals surface area (Å²) in [4.78, 5) is 25.7. The molecule has 2 rings (SSSR count). The highest BCUT2D eigenvalue weighted by atomic mass is 16.2. The van der Waals surface area contributed by atoms with Crippen molar-refractivity contribution in [2.75, 3.05) is 13.1 Å². The number of carbonyl (C=O) groups excluding carboxylic acids is 2. The van der Waals surface area contributed by atoms with Gasteiger partial charge in [-0.25, -0.2) is 0 Å². The second-order valence-electron chi connectivity index (χ2n) is 7.44. The normalized spacial score (nSPS) is 22.9. The number of amides is 2. The van der Waals surface area contributed by atoms with E-state index in [0.29, 0.717) is 37.4 Å². The van der Waals surface area contributed by atoms with Gasteiger partial charge in [-0.05, 0) is 43.9 Å². The number of piperidine rings is 1. The number of nitrogens with zero attached hydrogens (tertiary/aromatic N) is 2. The summed E-state index contributed by atoms with van der Waals surface area (Å²) in [5, 5.41) is 11.8. The summed E-state index contributed by atoms with van der Waals surface area (Å²) in [5.41, 5.74) is 0.410. The third kappa shape index (κ3) is 4.46. The highest BCUT2D eigenvalue weighted by molar-refractivity contribution is 5.81. The number of carbonyl (C=O) groups is 2. The standard InChI is InChI=1S/C17H27N3O2/c1-17(2)8-3-14(4-9-17)19-16(22)13-6-11-20(12-7-13)15(21)5-10-18/h13-14H,3-9,11-12H2,1-2H3,(H,19,22). The molecule has 5 nitrogen and oxygen atoms in total. The van der Waals surface area contributed by atoms with Crippen LogP contribution in [0.4, 0.5) is 0 Å². The quantitative estimate of drug-likeness (QED) is 0.869. The van der Waals surface area contributed by atoms with Crippen LogP contribution in [-0.4, -0.2) is 35.8 Å². The van der Waals surface area contributed by atoms with Gasteiger partial charge in [0.25, 0.3) is 0 Å². The number of nitriles is 1. The second-order valence-corrected chi connectivity index (χ2v) is 7.44. The van der Waals surface area contributed by atoms with Gasteiger partial charge in [0.05, 0.1) is 6.07 Å². The van der Waals surface area contributed by atoms with E-state index >= 15 is 0 Å². The molecule has 0 spiro atoms. The third-order valence-electron chi connectivity index (χ3n) is 5.13. The van der Waals surface area contributed by atoms with Gasteiger partial charge in [-0.3, -0.25) is 9.59 Å². The van der Waals surface area contributed by atoms with E-state index in [1.807, 2.05) is 6.07 Å². The Balaban J connectivity index is 1.74. The summed E-state index contributed by atoms with van der Waals surface area (Å²) in [6.45, 7) is 5.77. The minimum atomic E-state index is -0.115. The Morgan fingerprint density at radius 2 is 1.77 bits per heavy atom. The molecule has 0 atom stereocenters. The summed E-state index contributed by atoms with van der Waals surface area (Å²) in [5.74, 6) is 0.0500.